The number of methoxy groups -OCH3 is 1. The van der Waals surface area contributed by atoms with Crippen LogP contribution in [-0.4, -0.2) is 39.8 Å². The van der Waals surface area contributed by atoms with Gasteiger partial charge in [0.15, 0.2) is 0 Å². The van der Waals surface area contributed by atoms with Gasteiger partial charge in [-0.3, -0.25) is 4.79 Å². The SMILES string of the molecule is COc1ccc(C2SCCN2C(=O)Cn2cnc3ccccc32)cc1Br. The molecule has 1 atom stereocenters. The van der Waals surface area contributed by atoms with Crippen LogP contribution >= 0.6 is 27.7 Å². The number of halogens is 1. The van der Waals surface area contributed by atoms with E-state index in [1.807, 2.05) is 51.9 Å². The summed E-state index contributed by atoms with van der Waals surface area (Å²) >= 11 is 5.33. The predicted molar refractivity (Wildman–Crippen MR) is 107 cm³/mol. The van der Waals surface area contributed by atoms with E-state index in [1.165, 1.54) is 0 Å². The Kier molecular flexibility index (Phi) is 4.91. The molecule has 26 heavy (non-hydrogen) atoms. The summed E-state index contributed by atoms with van der Waals surface area (Å²) in [6.45, 7) is 1.05. The monoisotopic (exact) mass is 431 g/mol. The van der Waals surface area contributed by atoms with Gasteiger partial charge in [0.05, 0.1) is 28.9 Å². The number of fused-ring (bicyclic) bond motifs is 1. The lowest BCUT2D eigenvalue weighted by molar-refractivity contribution is -0.131. The molecule has 1 aromatic heterocycles. The highest BCUT2D eigenvalue weighted by Gasteiger charge is 2.31. The molecule has 2 heterocycles. The molecular weight excluding hydrogens is 414 g/mol. The smallest absolute Gasteiger partial charge is 0.243 e. The Labute approximate surface area is 164 Å². The van der Waals surface area contributed by atoms with Crippen LogP contribution in [0.4, 0.5) is 0 Å². The molecule has 1 fully saturated rings. The number of thioether (sulfide) groups is 1. The Morgan fingerprint density at radius 2 is 2.19 bits per heavy atom. The lowest BCUT2D eigenvalue weighted by Crippen LogP contribution is -2.33. The van der Waals surface area contributed by atoms with Gasteiger partial charge in [-0.2, -0.15) is 0 Å². The molecule has 0 aliphatic carbocycles. The number of rotatable bonds is 4. The summed E-state index contributed by atoms with van der Waals surface area (Å²) in [6, 6.07) is 13.9. The highest BCUT2D eigenvalue weighted by atomic mass is 79.9. The molecule has 1 saturated heterocycles. The first-order chi connectivity index (χ1) is 12.7. The van der Waals surface area contributed by atoms with Gasteiger partial charge in [-0.05, 0) is 45.8 Å². The summed E-state index contributed by atoms with van der Waals surface area (Å²) in [4.78, 5) is 19.3. The van der Waals surface area contributed by atoms with Gasteiger partial charge in [0, 0.05) is 12.3 Å². The minimum Gasteiger partial charge on any atom is -0.496 e. The maximum Gasteiger partial charge on any atom is 0.243 e. The van der Waals surface area contributed by atoms with Crippen LogP contribution in [0.3, 0.4) is 0 Å². The van der Waals surface area contributed by atoms with Crippen LogP contribution in [0.1, 0.15) is 10.9 Å². The molecule has 0 N–H and O–H groups in total. The fourth-order valence-corrected chi connectivity index (χ4v) is 5.04. The summed E-state index contributed by atoms with van der Waals surface area (Å²) in [5.74, 6) is 1.83. The number of benzene rings is 2. The van der Waals surface area contributed by atoms with Crippen molar-refractivity contribution in [1.29, 1.82) is 0 Å². The molecule has 1 aliphatic rings. The van der Waals surface area contributed by atoms with Crippen molar-refractivity contribution >= 4 is 44.6 Å². The third-order valence-corrected chi connectivity index (χ3v) is 6.39. The van der Waals surface area contributed by atoms with Crippen molar-refractivity contribution in [1.82, 2.24) is 14.5 Å². The number of ether oxygens (including phenoxy) is 1. The first-order valence-corrected chi connectivity index (χ1v) is 10.2. The van der Waals surface area contributed by atoms with Crippen molar-refractivity contribution in [3.63, 3.8) is 0 Å². The summed E-state index contributed by atoms with van der Waals surface area (Å²) in [5.41, 5.74) is 2.99. The fraction of sp³-hybridized carbons (Fsp3) is 0.263. The number of carbonyl (C=O) groups excluding carboxylic acids is 1. The van der Waals surface area contributed by atoms with Crippen molar-refractivity contribution in [3.8, 4) is 5.75 Å². The van der Waals surface area contributed by atoms with Gasteiger partial charge in [0.1, 0.15) is 17.7 Å². The Bertz CT molecular complexity index is 959. The Hall–Kier alpha value is -1.99. The highest BCUT2D eigenvalue weighted by molar-refractivity contribution is 9.10. The second-order valence-corrected chi connectivity index (χ2v) is 8.11. The number of amides is 1. The first kappa shape index (κ1) is 17.4. The van der Waals surface area contributed by atoms with E-state index in [0.717, 1.165) is 39.1 Å². The van der Waals surface area contributed by atoms with E-state index in [9.17, 15) is 4.79 Å². The summed E-state index contributed by atoms with van der Waals surface area (Å²) < 4.78 is 8.12. The zero-order chi connectivity index (χ0) is 18.1. The highest BCUT2D eigenvalue weighted by Crippen LogP contribution is 2.40. The van der Waals surface area contributed by atoms with Crippen LogP contribution in [0.25, 0.3) is 11.0 Å². The molecule has 4 rings (SSSR count). The molecule has 0 bridgehead atoms. The molecule has 1 amide bonds. The van der Waals surface area contributed by atoms with Gasteiger partial charge < -0.3 is 14.2 Å². The quantitative estimate of drug-likeness (QED) is 0.624. The van der Waals surface area contributed by atoms with Gasteiger partial charge >= 0.3 is 0 Å². The number of para-hydroxylation sites is 2. The van der Waals surface area contributed by atoms with E-state index >= 15 is 0 Å². The second-order valence-electron chi connectivity index (χ2n) is 6.07. The van der Waals surface area contributed by atoms with Crippen LogP contribution in [0, 0.1) is 0 Å². The third kappa shape index (κ3) is 3.21. The average Bonchev–Trinajstić information content (AvgIpc) is 3.29. The molecule has 0 saturated carbocycles. The van der Waals surface area contributed by atoms with Crippen LogP contribution in [0.15, 0.2) is 53.3 Å². The zero-order valence-electron chi connectivity index (χ0n) is 14.3. The number of hydrogen-bond donors (Lipinski definition) is 0. The van der Waals surface area contributed by atoms with Crippen molar-refractivity contribution in [2.75, 3.05) is 19.4 Å². The second kappa shape index (κ2) is 7.32. The fourth-order valence-electron chi connectivity index (χ4n) is 3.21. The van der Waals surface area contributed by atoms with Crippen molar-refractivity contribution in [2.24, 2.45) is 0 Å². The largest absolute Gasteiger partial charge is 0.496 e. The molecule has 2 aromatic carbocycles. The molecule has 134 valence electrons. The van der Waals surface area contributed by atoms with Gasteiger partial charge in [-0.15, -0.1) is 11.8 Å². The molecule has 5 nitrogen and oxygen atoms in total. The number of nitrogens with zero attached hydrogens (tertiary/aromatic N) is 3. The number of carbonyl (C=O) groups is 1. The summed E-state index contributed by atoms with van der Waals surface area (Å²) in [6.07, 6.45) is 1.74. The summed E-state index contributed by atoms with van der Waals surface area (Å²) in [5, 5.41) is 0.0273. The maximum atomic E-state index is 13.0. The maximum absolute atomic E-state index is 13.0. The molecule has 1 unspecified atom stereocenters. The van der Waals surface area contributed by atoms with Crippen molar-refractivity contribution in [3.05, 3.63) is 58.8 Å². The lowest BCUT2D eigenvalue weighted by Gasteiger charge is -2.25. The number of aromatic nitrogens is 2. The first-order valence-electron chi connectivity index (χ1n) is 8.32. The van der Waals surface area contributed by atoms with Crippen molar-refractivity contribution < 1.29 is 9.53 Å². The minimum absolute atomic E-state index is 0.0273. The van der Waals surface area contributed by atoms with Crippen LogP contribution < -0.4 is 4.74 Å². The zero-order valence-corrected chi connectivity index (χ0v) is 16.7. The van der Waals surface area contributed by atoms with Gasteiger partial charge in [-0.25, -0.2) is 4.98 Å². The Morgan fingerprint density at radius 1 is 1.35 bits per heavy atom. The van der Waals surface area contributed by atoms with Crippen LogP contribution in [-0.2, 0) is 11.3 Å². The molecule has 1 aliphatic heterocycles. The van der Waals surface area contributed by atoms with Gasteiger partial charge in [0.2, 0.25) is 5.91 Å². The molecule has 0 radical (unpaired) electrons. The van der Waals surface area contributed by atoms with E-state index in [0.29, 0.717) is 6.54 Å². The van der Waals surface area contributed by atoms with E-state index in [-0.39, 0.29) is 11.3 Å². The Balaban J connectivity index is 1.56. The van der Waals surface area contributed by atoms with E-state index < -0.39 is 0 Å². The normalized spacial score (nSPS) is 17.0. The average molecular weight is 432 g/mol. The van der Waals surface area contributed by atoms with E-state index in [1.54, 1.807) is 25.2 Å². The molecule has 0 spiro atoms. The Morgan fingerprint density at radius 3 is 3.00 bits per heavy atom. The predicted octanol–water partition coefficient (Wildman–Crippen LogP) is 4.08. The number of hydrogen-bond acceptors (Lipinski definition) is 4. The van der Waals surface area contributed by atoms with Gasteiger partial charge in [-0.1, -0.05) is 18.2 Å². The molecular formula is C19H18BrN3O2S. The van der Waals surface area contributed by atoms with Crippen LogP contribution in [0.2, 0.25) is 0 Å². The van der Waals surface area contributed by atoms with E-state index in [2.05, 4.69) is 20.9 Å². The lowest BCUT2D eigenvalue weighted by atomic mass is 10.2. The molecule has 3 aromatic rings. The topological polar surface area (TPSA) is 47.4 Å². The van der Waals surface area contributed by atoms with E-state index in [4.69, 9.17) is 4.74 Å². The summed E-state index contributed by atoms with van der Waals surface area (Å²) in [7, 11) is 1.65. The minimum atomic E-state index is 0.0273. The van der Waals surface area contributed by atoms with Crippen LogP contribution in [0.5, 0.6) is 5.75 Å². The third-order valence-electron chi connectivity index (χ3n) is 4.51. The molecule has 7 heteroatoms. The van der Waals surface area contributed by atoms with Crippen molar-refractivity contribution in [2.45, 2.75) is 11.9 Å². The standard InChI is InChI=1S/C19H18BrN3O2S/c1-25-17-7-6-13(10-14(17)20)19-23(8-9-26-19)18(24)11-22-12-21-15-4-2-3-5-16(15)22/h2-7,10,12,19H,8-9,11H2,1H3. The number of imidazole rings is 1. The van der Waals surface area contributed by atoms with Gasteiger partial charge in [0.25, 0.3) is 0 Å².